The third-order valence-electron chi connectivity index (χ3n) is 6.18. The highest BCUT2D eigenvalue weighted by molar-refractivity contribution is 6.31. The van der Waals surface area contributed by atoms with Crippen LogP contribution in [0.1, 0.15) is 18.4 Å². The zero-order chi connectivity index (χ0) is 20.2. The number of benzene rings is 2. The van der Waals surface area contributed by atoms with Gasteiger partial charge in [-0.2, -0.15) is 5.10 Å². The highest BCUT2D eigenvalue weighted by atomic mass is 35.5. The molecule has 2 aliphatic rings. The number of likely N-dealkylation sites (tertiary alicyclic amines) is 1. The summed E-state index contributed by atoms with van der Waals surface area (Å²) in [7, 11) is 0. The molecule has 0 spiro atoms. The van der Waals surface area contributed by atoms with Gasteiger partial charge in [0.05, 0.1) is 17.3 Å². The molecule has 2 aromatic carbocycles. The number of aromatic amines is 1. The number of rotatable bonds is 2. The quantitative estimate of drug-likeness (QED) is 0.554. The molecule has 1 saturated heterocycles. The second kappa shape index (κ2) is 6.90. The van der Waals surface area contributed by atoms with Gasteiger partial charge in [0.15, 0.2) is 0 Å². The number of nitrogens with one attached hydrogen (secondary N) is 2. The van der Waals surface area contributed by atoms with E-state index in [4.69, 9.17) is 23.2 Å². The number of amides is 2. The first-order valence-electron chi connectivity index (χ1n) is 9.58. The van der Waals surface area contributed by atoms with E-state index < -0.39 is 5.60 Å². The lowest BCUT2D eigenvalue weighted by Crippen LogP contribution is -2.35. The van der Waals surface area contributed by atoms with Gasteiger partial charge in [0, 0.05) is 34.2 Å². The predicted octanol–water partition coefficient (Wildman–Crippen LogP) is 4.63. The van der Waals surface area contributed by atoms with E-state index >= 15 is 0 Å². The molecule has 2 heterocycles. The van der Waals surface area contributed by atoms with Crippen molar-refractivity contribution in [1.29, 1.82) is 0 Å². The summed E-state index contributed by atoms with van der Waals surface area (Å²) in [5, 5.41) is 23.5. The summed E-state index contributed by atoms with van der Waals surface area (Å²) in [5.41, 5.74) is 1.40. The summed E-state index contributed by atoms with van der Waals surface area (Å²) < 4.78 is 0. The van der Waals surface area contributed by atoms with Gasteiger partial charge >= 0.3 is 6.03 Å². The SMILES string of the molecule is O=C(Nc1ccc(Cl)cc1)N1CC2CC(O)(c3cc(Cl)cc4[nH]ncc34)CC2C1. The van der Waals surface area contributed by atoms with Gasteiger partial charge in [0.1, 0.15) is 0 Å². The molecule has 1 aromatic heterocycles. The second-order valence-electron chi connectivity index (χ2n) is 8.09. The summed E-state index contributed by atoms with van der Waals surface area (Å²) in [4.78, 5) is 14.5. The van der Waals surface area contributed by atoms with Crippen LogP contribution >= 0.6 is 23.2 Å². The van der Waals surface area contributed by atoms with Crippen molar-refractivity contribution >= 4 is 45.8 Å². The van der Waals surface area contributed by atoms with Gasteiger partial charge < -0.3 is 15.3 Å². The summed E-state index contributed by atoms with van der Waals surface area (Å²) in [5.74, 6) is 0.494. The van der Waals surface area contributed by atoms with Gasteiger partial charge in [0.2, 0.25) is 0 Å². The monoisotopic (exact) mass is 430 g/mol. The molecule has 0 radical (unpaired) electrons. The molecule has 2 fully saturated rings. The molecule has 2 atom stereocenters. The van der Waals surface area contributed by atoms with Gasteiger partial charge in [0.25, 0.3) is 0 Å². The molecule has 2 unspecified atom stereocenters. The van der Waals surface area contributed by atoms with E-state index in [9.17, 15) is 9.90 Å². The predicted molar refractivity (Wildman–Crippen MR) is 113 cm³/mol. The van der Waals surface area contributed by atoms with Crippen LogP contribution < -0.4 is 5.32 Å². The third kappa shape index (κ3) is 3.35. The Labute approximate surface area is 177 Å². The van der Waals surface area contributed by atoms with Crippen molar-refractivity contribution < 1.29 is 9.90 Å². The average molecular weight is 431 g/mol. The number of urea groups is 1. The molecule has 3 N–H and O–H groups in total. The number of carbonyl (C=O) groups is 1. The zero-order valence-electron chi connectivity index (χ0n) is 15.5. The summed E-state index contributed by atoms with van der Waals surface area (Å²) >= 11 is 12.2. The van der Waals surface area contributed by atoms with Gasteiger partial charge in [-0.15, -0.1) is 0 Å². The van der Waals surface area contributed by atoms with Crippen LogP contribution in [0.15, 0.2) is 42.6 Å². The Bertz CT molecular complexity index is 1070. The molecule has 150 valence electrons. The molecular formula is C21H20Cl2N4O2. The molecule has 1 aliphatic heterocycles. The minimum absolute atomic E-state index is 0.120. The molecule has 0 bridgehead atoms. The molecule has 6 nitrogen and oxygen atoms in total. The Hall–Kier alpha value is -2.28. The Balaban J connectivity index is 1.31. The highest BCUT2D eigenvalue weighted by Gasteiger charge is 2.50. The number of hydrogen-bond donors (Lipinski definition) is 3. The van der Waals surface area contributed by atoms with Gasteiger partial charge in [-0.1, -0.05) is 23.2 Å². The summed E-state index contributed by atoms with van der Waals surface area (Å²) in [6.07, 6.45) is 2.94. The molecule has 2 amide bonds. The molecule has 8 heteroatoms. The van der Waals surface area contributed by atoms with Crippen molar-refractivity contribution in [2.75, 3.05) is 18.4 Å². The first-order chi connectivity index (χ1) is 13.9. The first-order valence-corrected chi connectivity index (χ1v) is 10.3. The minimum atomic E-state index is -0.957. The van der Waals surface area contributed by atoms with Crippen LogP contribution in [0.5, 0.6) is 0 Å². The van der Waals surface area contributed by atoms with Gasteiger partial charge in [-0.3, -0.25) is 5.10 Å². The molecule has 1 aliphatic carbocycles. The Morgan fingerprint density at radius 3 is 2.52 bits per heavy atom. The first kappa shape index (κ1) is 18.7. The number of anilines is 1. The van der Waals surface area contributed by atoms with E-state index in [1.54, 1.807) is 30.5 Å². The van der Waals surface area contributed by atoms with Crippen molar-refractivity contribution in [3.63, 3.8) is 0 Å². The maximum absolute atomic E-state index is 12.6. The van der Waals surface area contributed by atoms with E-state index in [1.165, 1.54) is 0 Å². The lowest BCUT2D eigenvalue weighted by Gasteiger charge is -2.27. The normalized spacial score (nSPS) is 26.1. The smallest absolute Gasteiger partial charge is 0.321 e. The van der Waals surface area contributed by atoms with Crippen LogP contribution in [0.3, 0.4) is 0 Å². The van der Waals surface area contributed by atoms with Crippen molar-refractivity contribution in [2.24, 2.45) is 11.8 Å². The number of hydrogen-bond acceptors (Lipinski definition) is 3. The summed E-state index contributed by atoms with van der Waals surface area (Å²) in [6, 6.07) is 10.6. The number of H-pyrrole nitrogens is 1. The third-order valence-corrected chi connectivity index (χ3v) is 6.65. The largest absolute Gasteiger partial charge is 0.385 e. The molecule has 3 aromatic rings. The number of fused-ring (bicyclic) bond motifs is 2. The van der Waals surface area contributed by atoms with Crippen LogP contribution in [0.25, 0.3) is 10.9 Å². The number of carbonyl (C=O) groups excluding carboxylic acids is 1. The van der Waals surface area contributed by atoms with Crippen molar-refractivity contribution in [3.8, 4) is 0 Å². The fraction of sp³-hybridized carbons (Fsp3) is 0.333. The fourth-order valence-electron chi connectivity index (χ4n) is 4.87. The lowest BCUT2D eigenvalue weighted by molar-refractivity contribution is 0.0343. The fourth-order valence-corrected chi connectivity index (χ4v) is 5.22. The molecule has 29 heavy (non-hydrogen) atoms. The Kier molecular flexibility index (Phi) is 4.46. The van der Waals surface area contributed by atoms with Crippen LogP contribution in [-0.2, 0) is 5.60 Å². The van der Waals surface area contributed by atoms with Crippen LogP contribution in [0.4, 0.5) is 10.5 Å². The number of nitrogens with zero attached hydrogens (tertiary/aromatic N) is 2. The average Bonchev–Trinajstić information content (AvgIpc) is 3.36. The number of halogens is 2. The number of aromatic nitrogens is 2. The topological polar surface area (TPSA) is 81.3 Å². The van der Waals surface area contributed by atoms with Crippen molar-refractivity contribution in [3.05, 3.63) is 58.2 Å². The van der Waals surface area contributed by atoms with Crippen LogP contribution in [0, 0.1) is 11.8 Å². The standard InChI is InChI=1S/C21H20Cl2N4O2/c22-14-1-3-16(4-2-14)25-20(28)27-10-12-7-21(29,8-13(12)11-27)18-5-15(23)6-19-17(18)9-24-26-19/h1-6,9,12-13,29H,7-8,10-11H2,(H,24,26)(H,25,28). The lowest BCUT2D eigenvalue weighted by atomic mass is 9.88. The van der Waals surface area contributed by atoms with Crippen LogP contribution in [0.2, 0.25) is 10.0 Å². The number of aliphatic hydroxyl groups is 1. The molecule has 5 rings (SSSR count). The maximum atomic E-state index is 12.6. The van der Waals surface area contributed by atoms with E-state index in [-0.39, 0.29) is 17.9 Å². The maximum Gasteiger partial charge on any atom is 0.321 e. The van der Waals surface area contributed by atoms with E-state index in [1.807, 2.05) is 17.0 Å². The van der Waals surface area contributed by atoms with Crippen molar-refractivity contribution in [1.82, 2.24) is 15.1 Å². The highest BCUT2D eigenvalue weighted by Crippen LogP contribution is 2.50. The van der Waals surface area contributed by atoms with E-state index in [2.05, 4.69) is 15.5 Å². The van der Waals surface area contributed by atoms with Gasteiger partial charge in [-0.05, 0) is 66.6 Å². The Morgan fingerprint density at radius 2 is 1.83 bits per heavy atom. The van der Waals surface area contributed by atoms with Crippen LogP contribution in [-0.4, -0.2) is 39.3 Å². The zero-order valence-corrected chi connectivity index (χ0v) is 17.0. The Morgan fingerprint density at radius 1 is 1.14 bits per heavy atom. The van der Waals surface area contributed by atoms with E-state index in [0.29, 0.717) is 41.7 Å². The van der Waals surface area contributed by atoms with E-state index in [0.717, 1.165) is 16.5 Å². The van der Waals surface area contributed by atoms with Crippen molar-refractivity contribution in [2.45, 2.75) is 18.4 Å². The second-order valence-corrected chi connectivity index (χ2v) is 8.96. The minimum Gasteiger partial charge on any atom is -0.385 e. The molecular weight excluding hydrogens is 411 g/mol. The summed E-state index contributed by atoms with van der Waals surface area (Å²) in [6.45, 7) is 1.25. The van der Waals surface area contributed by atoms with Gasteiger partial charge in [-0.25, -0.2) is 4.79 Å². The molecule has 1 saturated carbocycles.